The van der Waals surface area contributed by atoms with Gasteiger partial charge >= 0.3 is 0 Å². The van der Waals surface area contributed by atoms with Crippen molar-refractivity contribution in [3.8, 4) is 11.4 Å². The van der Waals surface area contributed by atoms with Gasteiger partial charge in [-0.15, -0.1) is 0 Å². The lowest BCUT2D eigenvalue weighted by atomic mass is 9.96. The Labute approximate surface area is 325 Å². The van der Waals surface area contributed by atoms with E-state index in [0.717, 1.165) is 41.2 Å². The second kappa shape index (κ2) is 13.4. The van der Waals surface area contributed by atoms with Gasteiger partial charge in [-0.1, -0.05) is 121 Å². The smallest absolute Gasteiger partial charge is 0.131 e. The van der Waals surface area contributed by atoms with E-state index < -0.39 is 0 Å². The molecule has 0 saturated carbocycles. The topological polar surface area (TPSA) is 46.3 Å². The largest absolute Gasteiger partial charge is 0.350 e. The highest BCUT2D eigenvalue weighted by Gasteiger charge is 2.26. The summed E-state index contributed by atoms with van der Waals surface area (Å²) >= 11 is 0. The molecule has 2 aromatic heterocycles. The minimum atomic E-state index is -0.183. The molecule has 11 rings (SSSR count). The maximum atomic E-state index is 5.21. The molecule has 0 radical (unpaired) electrons. The zero-order valence-corrected chi connectivity index (χ0v) is 30.8. The molecule has 3 heterocycles. The summed E-state index contributed by atoms with van der Waals surface area (Å²) in [4.78, 5) is 5.21. The molecule has 0 spiro atoms. The summed E-state index contributed by atoms with van der Waals surface area (Å²) in [5, 5.41) is 12.5. The Hall–Kier alpha value is -6.95. The number of aromatic nitrogens is 2. The molecule has 56 heavy (non-hydrogen) atoms. The molecule has 268 valence electrons. The normalized spacial score (nSPS) is 17.0. The number of hydrogen-bond acceptors (Lipinski definition) is 3. The van der Waals surface area contributed by atoms with E-state index in [1.165, 1.54) is 60.3 Å². The third kappa shape index (κ3) is 5.47. The van der Waals surface area contributed by atoms with Crippen LogP contribution in [0.1, 0.15) is 47.4 Å². The average Bonchev–Trinajstić information content (AvgIpc) is 3.78. The van der Waals surface area contributed by atoms with E-state index in [-0.39, 0.29) is 12.3 Å². The van der Waals surface area contributed by atoms with Crippen LogP contribution in [0, 0.1) is 0 Å². The lowest BCUT2D eigenvalue weighted by Gasteiger charge is -2.32. The van der Waals surface area contributed by atoms with Crippen LogP contribution in [-0.2, 0) is 0 Å². The molecule has 1 aliphatic carbocycles. The molecule has 7 aromatic carbocycles. The number of aliphatic imine (C=N–C) groups is 1. The first-order valence-electron chi connectivity index (χ1n) is 19.5. The van der Waals surface area contributed by atoms with E-state index in [1.54, 1.807) is 0 Å². The van der Waals surface area contributed by atoms with E-state index >= 15 is 0 Å². The predicted molar refractivity (Wildman–Crippen MR) is 233 cm³/mol. The van der Waals surface area contributed by atoms with Crippen molar-refractivity contribution in [1.82, 2.24) is 19.8 Å². The van der Waals surface area contributed by atoms with Crippen LogP contribution in [-0.4, -0.2) is 15.0 Å². The Morgan fingerprint density at radius 2 is 1.11 bits per heavy atom. The van der Waals surface area contributed by atoms with Gasteiger partial charge in [-0.2, -0.15) is 0 Å². The quantitative estimate of drug-likeness (QED) is 0.180. The number of benzene rings is 7. The molecular weight excluding hydrogens is 683 g/mol. The lowest BCUT2D eigenvalue weighted by Crippen LogP contribution is -2.44. The Balaban J connectivity index is 1.09. The van der Waals surface area contributed by atoms with Crippen LogP contribution in [0.4, 0.5) is 0 Å². The Bertz CT molecular complexity index is 3010. The molecule has 0 amide bonds. The molecule has 2 N–H and O–H groups in total. The molecule has 5 nitrogen and oxygen atoms in total. The van der Waals surface area contributed by atoms with Crippen LogP contribution < -0.4 is 10.6 Å². The SMILES string of the molecule is C1=CCCC(c2ccc3c(c2)c2cc4c5ccccc5n(-c5ccccc5)c4cc2n3-c2ccc(C3=NC(c4ccccc4)NC(c4ccccc4)N3)cc2)=C1. The van der Waals surface area contributed by atoms with E-state index in [2.05, 4.69) is 208 Å². The summed E-state index contributed by atoms with van der Waals surface area (Å²) in [6, 6.07) is 61.3. The Morgan fingerprint density at radius 3 is 1.84 bits per heavy atom. The number of amidine groups is 1. The highest BCUT2D eigenvalue weighted by molar-refractivity contribution is 6.19. The van der Waals surface area contributed by atoms with Gasteiger partial charge in [0.05, 0.1) is 22.1 Å². The van der Waals surface area contributed by atoms with Crippen molar-refractivity contribution in [2.45, 2.75) is 25.2 Å². The number of rotatable bonds is 6. The monoisotopic (exact) mass is 721 g/mol. The van der Waals surface area contributed by atoms with Gasteiger partial charge in [0.2, 0.25) is 0 Å². The summed E-state index contributed by atoms with van der Waals surface area (Å²) in [5.74, 6) is 0.869. The molecule has 2 unspecified atom stereocenters. The van der Waals surface area contributed by atoms with Gasteiger partial charge in [0.1, 0.15) is 18.2 Å². The molecule has 9 aromatic rings. The number of nitrogens with one attached hydrogen (secondary N) is 2. The van der Waals surface area contributed by atoms with Crippen LogP contribution in [0.5, 0.6) is 0 Å². The lowest BCUT2D eigenvalue weighted by molar-refractivity contribution is 0.409. The second-order valence-corrected chi connectivity index (χ2v) is 14.8. The molecule has 0 bridgehead atoms. The first-order chi connectivity index (χ1) is 27.8. The van der Waals surface area contributed by atoms with Gasteiger partial charge in [-0.3, -0.25) is 5.32 Å². The summed E-state index contributed by atoms with van der Waals surface area (Å²) in [7, 11) is 0. The predicted octanol–water partition coefficient (Wildman–Crippen LogP) is 12.0. The van der Waals surface area contributed by atoms with Crippen molar-refractivity contribution in [2.24, 2.45) is 4.99 Å². The standard InChI is InChI=1S/C51H39N5/c1-5-15-34(16-6-1)38-27-30-46-42(31-38)44-32-43-41-23-13-14-24-45(41)55(39-21-11-4-12-22-39)47(43)33-48(44)56(46)40-28-25-37(26-29-40)51-53-49(35-17-7-2-8-18-35)52-50(54-51)36-19-9-3-10-20-36/h1-5,7-15,17-33,49-50,52H,6,16H2,(H,53,54). The van der Waals surface area contributed by atoms with E-state index in [0.29, 0.717) is 0 Å². The molecule has 1 aliphatic heterocycles. The van der Waals surface area contributed by atoms with Gasteiger partial charge in [0.25, 0.3) is 0 Å². The Kier molecular flexibility index (Phi) is 7.78. The molecule has 5 heteroatoms. The fraction of sp³-hybridized carbons (Fsp3) is 0.0784. The fourth-order valence-electron chi connectivity index (χ4n) is 8.75. The number of nitrogens with zero attached hydrogens (tertiary/aromatic N) is 3. The summed E-state index contributed by atoms with van der Waals surface area (Å²) < 4.78 is 4.85. The number of hydrogen-bond donors (Lipinski definition) is 2. The fourth-order valence-corrected chi connectivity index (χ4v) is 8.75. The number of allylic oxidation sites excluding steroid dienone is 4. The van der Waals surface area contributed by atoms with Gasteiger partial charge in [0, 0.05) is 38.5 Å². The first-order valence-corrected chi connectivity index (χ1v) is 19.5. The minimum Gasteiger partial charge on any atom is -0.350 e. The third-order valence-electron chi connectivity index (χ3n) is 11.5. The maximum Gasteiger partial charge on any atom is 0.131 e. The second-order valence-electron chi connectivity index (χ2n) is 14.8. The number of fused-ring (bicyclic) bond motifs is 6. The summed E-state index contributed by atoms with van der Waals surface area (Å²) in [6.45, 7) is 0. The highest BCUT2D eigenvalue weighted by atomic mass is 15.3. The summed E-state index contributed by atoms with van der Waals surface area (Å²) in [6.07, 6.45) is 8.58. The molecule has 2 atom stereocenters. The van der Waals surface area contributed by atoms with E-state index in [9.17, 15) is 0 Å². The highest BCUT2D eigenvalue weighted by Crippen LogP contribution is 2.41. The van der Waals surface area contributed by atoms with Crippen molar-refractivity contribution in [1.29, 1.82) is 0 Å². The molecule has 0 fully saturated rings. The van der Waals surface area contributed by atoms with Gasteiger partial charge in [-0.25, -0.2) is 4.99 Å². The van der Waals surface area contributed by atoms with Gasteiger partial charge < -0.3 is 14.5 Å². The maximum absolute atomic E-state index is 5.21. The number of para-hydroxylation sites is 2. The van der Waals surface area contributed by atoms with E-state index in [1.807, 2.05) is 0 Å². The first kappa shape index (κ1) is 32.5. The van der Waals surface area contributed by atoms with Crippen molar-refractivity contribution < 1.29 is 0 Å². The van der Waals surface area contributed by atoms with E-state index in [4.69, 9.17) is 4.99 Å². The molecule has 2 aliphatic rings. The van der Waals surface area contributed by atoms with Crippen LogP contribution in [0.15, 0.2) is 193 Å². The van der Waals surface area contributed by atoms with Crippen LogP contribution in [0.2, 0.25) is 0 Å². The van der Waals surface area contributed by atoms with Gasteiger partial charge in [0.15, 0.2) is 0 Å². The zero-order valence-electron chi connectivity index (χ0n) is 30.8. The summed E-state index contributed by atoms with van der Waals surface area (Å²) in [5.41, 5.74) is 13.1. The molecule has 0 saturated heterocycles. The average molecular weight is 722 g/mol. The van der Waals surface area contributed by atoms with Gasteiger partial charge in [-0.05, 0) is 102 Å². The molecular formula is C51H39N5. The van der Waals surface area contributed by atoms with Crippen LogP contribution in [0.3, 0.4) is 0 Å². The minimum absolute atomic E-state index is 0.0892. The van der Waals surface area contributed by atoms with Crippen molar-refractivity contribution in [2.75, 3.05) is 0 Å². The van der Waals surface area contributed by atoms with Crippen LogP contribution >= 0.6 is 0 Å². The zero-order chi connectivity index (χ0) is 37.0. The van der Waals surface area contributed by atoms with Crippen molar-refractivity contribution in [3.63, 3.8) is 0 Å². The van der Waals surface area contributed by atoms with Crippen molar-refractivity contribution >= 4 is 55.0 Å². The van der Waals surface area contributed by atoms with Crippen LogP contribution in [0.25, 0.3) is 60.6 Å². The van der Waals surface area contributed by atoms with Crippen molar-refractivity contribution in [3.05, 3.63) is 210 Å². The Morgan fingerprint density at radius 1 is 0.500 bits per heavy atom. The third-order valence-corrected chi connectivity index (χ3v) is 11.5.